The molecule has 0 fully saturated rings. The predicted molar refractivity (Wildman–Crippen MR) is 120 cm³/mol. The van der Waals surface area contributed by atoms with Crippen LogP contribution in [-0.2, 0) is 6.54 Å². The molecule has 0 aliphatic carbocycles. The molecule has 1 aromatic heterocycles. The number of fused-ring (bicyclic) bond motifs is 1. The lowest BCUT2D eigenvalue weighted by Crippen LogP contribution is -2.55. The zero-order valence-electron chi connectivity index (χ0n) is 17.1. The Hall–Kier alpha value is -3.82. The van der Waals surface area contributed by atoms with Crippen molar-refractivity contribution in [3.63, 3.8) is 0 Å². The van der Waals surface area contributed by atoms with Gasteiger partial charge in [-0.1, -0.05) is 30.3 Å². The summed E-state index contributed by atoms with van der Waals surface area (Å²) in [4.78, 5) is 16.2. The standard InChI is InChI=1S/C23H22FN7O/c24-15-9-16(21(25)32)17-13-28-31(20(17)10-15)23-29-19-7-4-8-26-12-18(19)22(30-23)27-11-14-5-2-1-3-6-14/h1-10,13,22-23,27,29-30H,11-12H2,(H2,25,32). The van der Waals surface area contributed by atoms with Crippen LogP contribution < -0.4 is 21.7 Å². The first kappa shape index (κ1) is 20.1. The van der Waals surface area contributed by atoms with Gasteiger partial charge in [0.1, 0.15) is 5.82 Å². The number of nitrogens with zero attached hydrogens (tertiary/aromatic N) is 3. The summed E-state index contributed by atoms with van der Waals surface area (Å²) < 4.78 is 15.9. The summed E-state index contributed by atoms with van der Waals surface area (Å²) in [5, 5.41) is 15.4. The topological polar surface area (TPSA) is 109 Å². The van der Waals surface area contributed by atoms with Crippen LogP contribution in [0.2, 0.25) is 0 Å². The number of aromatic nitrogens is 2. The van der Waals surface area contributed by atoms with E-state index in [4.69, 9.17) is 5.73 Å². The molecule has 2 unspecified atom stereocenters. The average Bonchev–Trinajstić information content (AvgIpc) is 3.06. The van der Waals surface area contributed by atoms with Crippen molar-refractivity contribution in [1.29, 1.82) is 0 Å². The molecule has 0 radical (unpaired) electrons. The van der Waals surface area contributed by atoms with Crippen molar-refractivity contribution in [2.24, 2.45) is 10.7 Å². The molecule has 0 spiro atoms. The second-order valence-corrected chi connectivity index (χ2v) is 7.64. The second-order valence-electron chi connectivity index (χ2n) is 7.64. The first-order valence-corrected chi connectivity index (χ1v) is 10.3. The summed E-state index contributed by atoms with van der Waals surface area (Å²) in [6, 6.07) is 12.6. The van der Waals surface area contributed by atoms with Gasteiger partial charge in [0.25, 0.3) is 0 Å². The van der Waals surface area contributed by atoms with E-state index in [9.17, 15) is 9.18 Å². The Balaban J connectivity index is 1.50. The summed E-state index contributed by atoms with van der Waals surface area (Å²) >= 11 is 0. The number of carbonyl (C=O) groups is 1. The largest absolute Gasteiger partial charge is 0.366 e. The molecule has 8 nitrogen and oxygen atoms in total. The highest BCUT2D eigenvalue weighted by atomic mass is 19.1. The minimum absolute atomic E-state index is 0.100. The molecule has 5 N–H and O–H groups in total. The first-order chi connectivity index (χ1) is 15.6. The minimum atomic E-state index is -0.699. The maximum absolute atomic E-state index is 14.3. The number of allylic oxidation sites excluding steroid dienone is 2. The van der Waals surface area contributed by atoms with E-state index in [1.165, 1.54) is 12.3 Å². The molecule has 162 valence electrons. The van der Waals surface area contributed by atoms with E-state index >= 15 is 0 Å². The first-order valence-electron chi connectivity index (χ1n) is 10.3. The number of rotatable bonds is 5. The number of aliphatic imine (C=N–C) groups is 1. The highest BCUT2D eigenvalue weighted by Gasteiger charge is 2.29. The molecule has 9 heteroatoms. The van der Waals surface area contributed by atoms with Crippen molar-refractivity contribution in [3.05, 3.63) is 89.0 Å². The van der Waals surface area contributed by atoms with Crippen LogP contribution in [0.4, 0.5) is 4.39 Å². The number of benzene rings is 2. The zero-order chi connectivity index (χ0) is 22.1. The molecule has 2 aliphatic heterocycles. The lowest BCUT2D eigenvalue weighted by Gasteiger charge is -2.36. The van der Waals surface area contributed by atoms with Gasteiger partial charge in [0, 0.05) is 29.4 Å². The predicted octanol–water partition coefficient (Wildman–Crippen LogP) is 1.93. The van der Waals surface area contributed by atoms with E-state index in [-0.39, 0.29) is 11.7 Å². The van der Waals surface area contributed by atoms with Crippen molar-refractivity contribution in [2.45, 2.75) is 19.0 Å². The van der Waals surface area contributed by atoms with E-state index in [2.05, 4.69) is 38.2 Å². The van der Waals surface area contributed by atoms with Crippen LogP contribution in [0.15, 0.2) is 77.1 Å². The van der Waals surface area contributed by atoms with Gasteiger partial charge in [0.05, 0.1) is 30.0 Å². The highest BCUT2D eigenvalue weighted by Crippen LogP contribution is 2.25. The maximum atomic E-state index is 14.3. The second kappa shape index (κ2) is 8.37. The number of nitrogens with one attached hydrogen (secondary N) is 3. The van der Waals surface area contributed by atoms with Crippen LogP contribution >= 0.6 is 0 Å². The Morgan fingerprint density at radius 3 is 2.94 bits per heavy atom. The SMILES string of the molecule is NC(=O)c1cc(F)cc2c1cnn2C1NC2=C(CN=CC=C2)C(NCc2ccccc2)N1. The maximum Gasteiger partial charge on any atom is 0.249 e. The third-order valence-electron chi connectivity index (χ3n) is 5.57. The smallest absolute Gasteiger partial charge is 0.249 e. The molecule has 5 rings (SSSR count). The zero-order valence-corrected chi connectivity index (χ0v) is 17.1. The van der Waals surface area contributed by atoms with Crippen LogP contribution in [0, 0.1) is 5.82 Å². The summed E-state index contributed by atoms with van der Waals surface area (Å²) in [6.45, 7) is 1.18. The molecule has 3 heterocycles. The lowest BCUT2D eigenvalue weighted by atomic mass is 10.1. The fourth-order valence-corrected chi connectivity index (χ4v) is 4.03. The molecule has 32 heavy (non-hydrogen) atoms. The van der Waals surface area contributed by atoms with E-state index in [1.807, 2.05) is 30.4 Å². The molecule has 3 aromatic rings. The number of carbonyl (C=O) groups excluding carboxylic acids is 1. The van der Waals surface area contributed by atoms with Crippen LogP contribution in [0.3, 0.4) is 0 Å². The molecular weight excluding hydrogens is 409 g/mol. The molecule has 2 aromatic carbocycles. The van der Waals surface area contributed by atoms with Gasteiger partial charge >= 0.3 is 0 Å². The number of nitrogens with two attached hydrogens (primary N) is 1. The average molecular weight is 431 g/mol. The van der Waals surface area contributed by atoms with Gasteiger partial charge in [-0.2, -0.15) is 5.10 Å². The van der Waals surface area contributed by atoms with Crippen molar-refractivity contribution in [3.8, 4) is 0 Å². The Morgan fingerprint density at radius 1 is 1.28 bits per heavy atom. The van der Waals surface area contributed by atoms with Crippen molar-refractivity contribution >= 4 is 23.0 Å². The Morgan fingerprint density at radius 2 is 2.12 bits per heavy atom. The lowest BCUT2D eigenvalue weighted by molar-refractivity contribution is 0.100. The molecule has 1 amide bonds. The van der Waals surface area contributed by atoms with Crippen molar-refractivity contribution in [1.82, 2.24) is 25.7 Å². The summed E-state index contributed by atoms with van der Waals surface area (Å²) in [5.41, 5.74) is 9.12. The van der Waals surface area contributed by atoms with E-state index < -0.39 is 18.0 Å². The van der Waals surface area contributed by atoms with Gasteiger partial charge in [-0.15, -0.1) is 0 Å². The third-order valence-corrected chi connectivity index (χ3v) is 5.57. The molecule has 0 bridgehead atoms. The van der Waals surface area contributed by atoms with Gasteiger partial charge in [0.2, 0.25) is 5.91 Å². The summed E-state index contributed by atoms with van der Waals surface area (Å²) in [7, 11) is 0. The minimum Gasteiger partial charge on any atom is -0.366 e. The fourth-order valence-electron chi connectivity index (χ4n) is 4.03. The van der Waals surface area contributed by atoms with Crippen molar-refractivity contribution in [2.75, 3.05) is 6.54 Å². The molecule has 2 aliphatic rings. The summed E-state index contributed by atoms with van der Waals surface area (Å²) in [6.07, 6.45) is 6.42. The quantitative estimate of drug-likeness (QED) is 0.494. The summed E-state index contributed by atoms with van der Waals surface area (Å²) in [5.74, 6) is -1.25. The van der Waals surface area contributed by atoms with Crippen molar-refractivity contribution < 1.29 is 9.18 Å². The Labute approximate surface area is 183 Å². The van der Waals surface area contributed by atoms with E-state index in [0.717, 1.165) is 22.9 Å². The Bertz CT molecular complexity index is 1260. The van der Waals surface area contributed by atoms with Gasteiger partial charge in [-0.3, -0.25) is 20.4 Å². The molecule has 2 atom stereocenters. The fraction of sp³-hybridized carbons (Fsp3) is 0.174. The molecular formula is C23H22FN7O. The van der Waals surface area contributed by atoms with Crippen LogP contribution in [0.1, 0.15) is 22.2 Å². The number of hydrogen-bond donors (Lipinski definition) is 4. The van der Waals surface area contributed by atoms with Gasteiger partial charge < -0.3 is 11.1 Å². The van der Waals surface area contributed by atoms with Crippen LogP contribution in [-0.4, -0.2) is 34.6 Å². The van der Waals surface area contributed by atoms with Gasteiger partial charge in [-0.05, 0) is 29.8 Å². The number of amides is 1. The van der Waals surface area contributed by atoms with Crippen LogP contribution in [0.25, 0.3) is 10.9 Å². The molecule has 0 saturated carbocycles. The number of hydrogen-bond acceptors (Lipinski definition) is 6. The highest BCUT2D eigenvalue weighted by molar-refractivity contribution is 6.05. The monoisotopic (exact) mass is 431 g/mol. The van der Waals surface area contributed by atoms with E-state index in [1.54, 1.807) is 10.9 Å². The Kier molecular flexibility index (Phi) is 5.26. The van der Waals surface area contributed by atoms with Gasteiger partial charge in [0.15, 0.2) is 6.29 Å². The molecule has 0 saturated heterocycles. The van der Waals surface area contributed by atoms with Gasteiger partial charge in [-0.25, -0.2) is 9.07 Å². The normalized spacial score (nSPS) is 20.2. The van der Waals surface area contributed by atoms with E-state index in [0.29, 0.717) is 24.0 Å². The third kappa shape index (κ3) is 3.79. The number of halogens is 1. The van der Waals surface area contributed by atoms with Crippen LogP contribution in [0.5, 0.6) is 0 Å². The number of primary amides is 1.